The molecule has 7 heteroatoms. The van der Waals surface area contributed by atoms with Crippen LogP contribution in [-0.2, 0) is 6.42 Å². The quantitative estimate of drug-likeness (QED) is 0.556. The Morgan fingerprint density at radius 3 is 2.79 bits per heavy atom. The summed E-state index contributed by atoms with van der Waals surface area (Å²) < 4.78 is 6.30. The molecule has 0 radical (unpaired) electrons. The Balaban J connectivity index is 1.35. The van der Waals surface area contributed by atoms with Crippen LogP contribution < -0.4 is 20.3 Å². The first-order valence-electron chi connectivity index (χ1n) is 10.9. The van der Waals surface area contributed by atoms with Gasteiger partial charge in [0.2, 0.25) is 0 Å². The number of rotatable bonds is 5. The smallest absolute Gasteiger partial charge is 0.325 e. The number of benzene rings is 3. The number of halogens is 1. The molecule has 1 saturated heterocycles. The van der Waals surface area contributed by atoms with Crippen molar-refractivity contribution in [1.29, 1.82) is 0 Å². The van der Waals surface area contributed by atoms with Crippen molar-refractivity contribution in [3.05, 3.63) is 94.5 Å². The fourth-order valence-electron chi connectivity index (χ4n) is 4.59. The van der Waals surface area contributed by atoms with Crippen molar-refractivity contribution in [2.24, 2.45) is 0 Å². The molecule has 2 N–H and O–H groups in total. The van der Waals surface area contributed by atoms with Gasteiger partial charge in [-0.05, 0) is 55.3 Å². The first-order valence-corrected chi connectivity index (χ1v) is 11.3. The maximum Gasteiger partial charge on any atom is 0.325 e. The highest BCUT2D eigenvalue weighted by atomic mass is 35.5. The number of carbonyl (C=O) groups excluding carboxylic acids is 2. The number of carbonyl (C=O) groups is 2. The Hall–Kier alpha value is -3.51. The molecule has 0 aliphatic carbocycles. The van der Waals surface area contributed by atoms with E-state index in [4.69, 9.17) is 16.3 Å². The fraction of sp³-hybridized carbons (Fsp3) is 0.231. The van der Waals surface area contributed by atoms with Crippen LogP contribution in [0.2, 0.25) is 5.02 Å². The lowest BCUT2D eigenvalue weighted by Crippen LogP contribution is -2.65. The van der Waals surface area contributed by atoms with Crippen molar-refractivity contribution in [2.45, 2.75) is 31.5 Å². The highest BCUT2D eigenvalue weighted by Crippen LogP contribution is 2.46. The van der Waals surface area contributed by atoms with Gasteiger partial charge in [0.25, 0.3) is 5.91 Å². The number of hydrogen-bond donors (Lipinski definition) is 2. The van der Waals surface area contributed by atoms with E-state index in [2.05, 4.69) is 10.6 Å². The average Bonchev–Trinajstić information content (AvgIpc) is 2.80. The number of fused-ring (bicyclic) bond motifs is 4. The number of ether oxygens (including phenoxy) is 1. The summed E-state index contributed by atoms with van der Waals surface area (Å²) in [5.41, 5.74) is 2.23. The van der Waals surface area contributed by atoms with E-state index in [-0.39, 0.29) is 18.0 Å². The van der Waals surface area contributed by atoms with Crippen molar-refractivity contribution in [3.8, 4) is 5.75 Å². The molecular weight excluding hydrogens is 438 g/mol. The van der Waals surface area contributed by atoms with Gasteiger partial charge < -0.3 is 15.4 Å². The van der Waals surface area contributed by atoms with E-state index in [0.717, 1.165) is 17.5 Å². The maximum absolute atomic E-state index is 13.1. The van der Waals surface area contributed by atoms with Crippen LogP contribution in [0.3, 0.4) is 0 Å². The van der Waals surface area contributed by atoms with Gasteiger partial charge in [0.1, 0.15) is 5.75 Å². The molecule has 2 aliphatic heterocycles. The summed E-state index contributed by atoms with van der Waals surface area (Å²) in [6.07, 6.45) is 1.30. The van der Waals surface area contributed by atoms with E-state index in [1.165, 1.54) is 0 Å². The molecular formula is C26H24ClN3O3. The molecule has 3 aromatic rings. The average molecular weight is 462 g/mol. The van der Waals surface area contributed by atoms with Gasteiger partial charge in [-0.3, -0.25) is 9.69 Å². The second kappa shape index (κ2) is 8.45. The third-order valence-corrected chi connectivity index (χ3v) is 6.38. The normalized spacial score (nSPS) is 21.0. The van der Waals surface area contributed by atoms with E-state index in [0.29, 0.717) is 35.0 Å². The lowest BCUT2D eigenvalue weighted by Gasteiger charge is -2.50. The second-order valence-corrected chi connectivity index (χ2v) is 8.98. The lowest BCUT2D eigenvalue weighted by molar-refractivity contribution is 0.0378. The Morgan fingerprint density at radius 2 is 1.97 bits per heavy atom. The van der Waals surface area contributed by atoms with Crippen LogP contribution in [0.25, 0.3) is 0 Å². The van der Waals surface area contributed by atoms with E-state index in [9.17, 15) is 9.59 Å². The standard InChI is InChI=1S/C26H24ClN3O3/c1-26-16-22(21-15-19(27)10-11-23(21)33-26)29-25(32)30(26)20-9-5-8-18(14-20)24(31)28-13-12-17-6-3-2-4-7-17/h2-11,14-15,22H,12-13,16H2,1H3,(H,28,31)(H,29,32)/t22-,26-/m1/s1. The Bertz CT molecular complexity index is 1220. The molecule has 33 heavy (non-hydrogen) atoms. The zero-order chi connectivity index (χ0) is 23.0. The van der Waals surface area contributed by atoms with E-state index in [1.807, 2.05) is 55.5 Å². The Morgan fingerprint density at radius 1 is 1.15 bits per heavy atom. The highest BCUT2D eigenvalue weighted by Gasteiger charge is 2.49. The van der Waals surface area contributed by atoms with Gasteiger partial charge in [-0.2, -0.15) is 0 Å². The third-order valence-electron chi connectivity index (χ3n) is 6.14. The number of nitrogens with one attached hydrogen (secondary N) is 2. The minimum atomic E-state index is -0.893. The molecule has 3 aromatic carbocycles. The number of amides is 3. The van der Waals surface area contributed by atoms with Crippen molar-refractivity contribution < 1.29 is 14.3 Å². The van der Waals surface area contributed by atoms with Crippen molar-refractivity contribution in [3.63, 3.8) is 0 Å². The summed E-state index contributed by atoms with van der Waals surface area (Å²) in [4.78, 5) is 27.5. The van der Waals surface area contributed by atoms with Crippen molar-refractivity contribution >= 4 is 29.2 Å². The first kappa shape index (κ1) is 21.3. The van der Waals surface area contributed by atoms with Crippen LogP contribution in [0.1, 0.15) is 40.9 Å². The van der Waals surface area contributed by atoms with Crippen LogP contribution in [0.5, 0.6) is 5.75 Å². The van der Waals surface area contributed by atoms with Crippen LogP contribution >= 0.6 is 11.6 Å². The first-order chi connectivity index (χ1) is 15.9. The van der Waals surface area contributed by atoms with E-state index in [1.54, 1.807) is 29.2 Å². The Kier molecular flexibility index (Phi) is 5.46. The van der Waals surface area contributed by atoms with Gasteiger partial charge in [-0.15, -0.1) is 0 Å². The molecule has 168 valence electrons. The molecule has 5 rings (SSSR count). The van der Waals surface area contributed by atoms with Gasteiger partial charge >= 0.3 is 6.03 Å². The SMILES string of the molecule is C[C@@]12C[C@@H](NC(=O)N1c1cccc(C(=O)NCCc3ccccc3)c1)c1cc(Cl)ccc1O2. The second-order valence-electron chi connectivity index (χ2n) is 8.54. The lowest BCUT2D eigenvalue weighted by atomic mass is 9.90. The molecule has 2 atom stereocenters. The van der Waals surface area contributed by atoms with Crippen molar-refractivity contribution in [2.75, 3.05) is 11.4 Å². The zero-order valence-corrected chi connectivity index (χ0v) is 18.9. The monoisotopic (exact) mass is 461 g/mol. The number of anilines is 1. The summed E-state index contributed by atoms with van der Waals surface area (Å²) in [6.45, 7) is 2.42. The molecule has 0 unspecified atom stereocenters. The summed E-state index contributed by atoms with van der Waals surface area (Å²) >= 11 is 6.15. The van der Waals surface area contributed by atoms with Gasteiger partial charge in [0.15, 0.2) is 5.72 Å². The minimum absolute atomic E-state index is 0.183. The molecule has 0 saturated carbocycles. The zero-order valence-electron chi connectivity index (χ0n) is 18.2. The van der Waals surface area contributed by atoms with Gasteiger partial charge in [0.05, 0.1) is 11.7 Å². The summed E-state index contributed by atoms with van der Waals surface area (Å²) in [6, 6.07) is 22.0. The predicted octanol–water partition coefficient (Wildman–Crippen LogP) is 5.08. The molecule has 3 amide bonds. The highest BCUT2D eigenvalue weighted by molar-refractivity contribution is 6.30. The summed E-state index contributed by atoms with van der Waals surface area (Å²) in [5.74, 6) is 0.510. The third kappa shape index (κ3) is 4.14. The van der Waals surface area contributed by atoms with Crippen LogP contribution in [0.4, 0.5) is 10.5 Å². The molecule has 1 fully saturated rings. The summed E-state index contributed by atoms with van der Waals surface area (Å²) in [5, 5.41) is 6.61. The number of nitrogens with zero attached hydrogens (tertiary/aromatic N) is 1. The molecule has 2 bridgehead atoms. The van der Waals surface area contributed by atoms with E-state index < -0.39 is 5.72 Å². The predicted molar refractivity (Wildman–Crippen MR) is 128 cm³/mol. The largest absolute Gasteiger partial charge is 0.467 e. The van der Waals surface area contributed by atoms with Gasteiger partial charge in [-0.25, -0.2) is 4.79 Å². The maximum atomic E-state index is 13.1. The van der Waals surface area contributed by atoms with Gasteiger partial charge in [0, 0.05) is 29.1 Å². The topological polar surface area (TPSA) is 70.7 Å². The molecule has 2 aliphatic rings. The van der Waals surface area contributed by atoms with Crippen LogP contribution in [0, 0.1) is 0 Å². The number of urea groups is 1. The molecule has 0 spiro atoms. The van der Waals surface area contributed by atoms with Crippen molar-refractivity contribution in [1.82, 2.24) is 10.6 Å². The van der Waals surface area contributed by atoms with E-state index >= 15 is 0 Å². The molecule has 2 heterocycles. The van der Waals surface area contributed by atoms with Crippen LogP contribution in [0.15, 0.2) is 72.8 Å². The van der Waals surface area contributed by atoms with Gasteiger partial charge in [-0.1, -0.05) is 48.0 Å². The summed E-state index contributed by atoms with van der Waals surface area (Å²) in [7, 11) is 0. The minimum Gasteiger partial charge on any atom is -0.467 e. The fourth-order valence-corrected chi connectivity index (χ4v) is 4.77. The molecule has 0 aromatic heterocycles. The van der Waals surface area contributed by atoms with Crippen LogP contribution in [-0.4, -0.2) is 24.2 Å². The number of hydrogen-bond acceptors (Lipinski definition) is 3. The Labute approximate surface area is 197 Å². The molecule has 6 nitrogen and oxygen atoms in total.